The van der Waals surface area contributed by atoms with Crippen molar-refractivity contribution in [1.29, 1.82) is 0 Å². The van der Waals surface area contributed by atoms with Crippen molar-refractivity contribution in [2.45, 2.75) is 51.0 Å². The fourth-order valence-electron chi connectivity index (χ4n) is 4.90. The maximum Gasteiger partial charge on any atom is 0.407 e. The smallest absolute Gasteiger partial charge is 0.407 e. The summed E-state index contributed by atoms with van der Waals surface area (Å²) >= 11 is 0. The van der Waals surface area contributed by atoms with Crippen LogP contribution in [0.3, 0.4) is 0 Å². The second kappa shape index (κ2) is 10.7. The molecule has 0 saturated heterocycles. The summed E-state index contributed by atoms with van der Waals surface area (Å²) < 4.78 is 5.63. The standard InChI is InChI=1S/C27H32N2O5/c1-2-17(14-24(30)31)15-28-26(32)25(18-8-7-9-18)29-27(33)34-16-23-21-12-5-3-10-19(21)20-11-4-6-13-22(20)23/h3-6,10-13,17-18,23,25H,2,7-9,14-16H2,1H3,(H,28,32)(H,29,33)(H,30,31). The lowest BCUT2D eigenvalue weighted by atomic mass is 9.79. The molecule has 2 aromatic rings. The zero-order valence-corrected chi connectivity index (χ0v) is 19.5. The molecule has 7 heteroatoms. The lowest BCUT2D eigenvalue weighted by molar-refractivity contribution is -0.138. The van der Waals surface area contributed by atoms with E-state index < -0.39 is 18.1 Å². The van der Waals surface area contributed by atoms with Crippen LogP contribution in [-0.4, -0.2) is 42.3 Å². The van der Waals surface area contributed by atoms with Gasteiger partial charge in [0.25, 0.3) is 0 Å². The second-order valence-electron chi connectivity index (χ2n) is 9.26. The van der Waals surface area contributed by atoms with Gasteiger partial charge in [-0.15, -0.1) is 0 Å². The molecule has 4 rings (SSSR count). The topological polar surface area (TPSA) is 105 Å². The van der Waals surface area contributed by atoms with Crippen LogP contribution in [0.4, 0.5) is 4.79 Å². The number of carbonyl (C=O) groups excluding carboxylic acids is 2. The van der Waals surface area contributed by atoms with Crippen molar-refractivity contribution in [2.75, 3.05) is 13.2 Å². The molecule has 34 heavy (non-hydrogen) atoms. The number of aliphatic carboxylic acids is 1. The zero-order valence-electron chi connectivity index (χ0n) is 19.5. The molecule has 7 nitrogen and oxygen atoms in total. The summed E-state index contributed by atoms with van der Waals surface area (Å²) in [5, 5.41) is 14.7. The molecular weight excluding hydrogens is 432 g/mol. The van der Waals surface area contributed by atoms with Gasteiger partial charge in [0.1, 0.15) is 12.6 Å². The number of carbonyl (C=O) groups is 3. The third-order valence-corrected chi connectivity index (χ3v) is 7.13. The maximum absolute atomic E-state index is 12.9. The summed E-state index contributed by atoms with van der Waals surface area (Å²) in [5.41, 5.74) is 4.58. The van der Waals surface area contributed by atoms with Gasteiger partial charge in [-0.25, -0.2) is 4.79 Å². The molecule has 1 fully saturated rings. The average molecular weight is 465 g/mol. The van der Waals surface area contributed by atoms with E-state index in [1.165, 1.54) is 0 Å². The van der Waals surface area contributed by atoms with Gasteiger partial charge in [-0.2, -0.15) is 0 Å². The predicted molar refractivity (Wildman–Crippen MR) is 128 cm³/mol. The van der Waals surface area contributed by atoms with E-state index in [9.17, 15) is 14.4 Å². The van der Waals surface area contributed by atoms with Gasteiger partial charge in [-0.05, 0) is 46.9 Å². The Morgan fingerprint density at radius 2 is 1.65 bits per heavy atom. The summed E-state index contributed by atoms with van der Waals surface area (Å²) in [4.78, 5) is 36.6. The van der Waals surface area contributed by atoms with Gasteiger partial charge in [0.05, 0.1) is 0 Å². The Labute approximate surface area is 199 Å². The molecule has 3 N–H and O–H groups in total. The molecule has 2 aromatic carbocycles. The van der Waals surface area contributed by atoms with Crippen LogP contribution >= 0.6 is 0 Å². The lowest BCUT2D eigenvalue weighted by Crippen LogP contribution is -2.53. The molecule has 2 aliphatic carbocycles. The van der Waals surface area contributed by atoms with Gasteiger partial charge in [-0.3, -0.25) is 9.59 Å². The Morgan fingerprint density at radius 1 is 1.03 bits per heavy atom. The predicted octanol–water partition coefficient (Wildman–Crippen LogP) is 4.31. The minimum Gasteiger partial charge on any atom is -0.481 e. The van der Waals surface area contributed by atoms with Crippen molar-refractivity contribution in [3.63, 3.8) is 0 Å². The van der Waals surface area contributed by atoms with Crippen molar-refractivity contribution in [2.24, 2.45) is 11.8 Å². The number of ether oxygens (including phenoxy) is 1. The first-order valence-corrected chi connectivity index (χ1v) is 12.1. The molecule has 0 heterocycles. The lowest BCUT2D eigenvalue weighted by Gasteiger charge is -2.33. The summed E-state index contributed by atoms with van der Waals surface area (Å²) in [6.07, 6.45) is 2.82. The van der Waals surface area contributed by atoms with Crippen LogP contribution in [0.5, 0.6) is 0 Å². The Hall–Kier alpha value is -3.35. The fourth-order valence-corrected chi connectivity index (χ4v) is 4.90. The number of carboxylic acids is 1. The van der Waals surface area contributed by atoms with Gasteiger partial charge < -0.3 is 20.5 Å². The highest BCUT2D eigenvalue weighted by molar-refractivity contribution is 5.86. The minimum absolute atomic E-state index is 0.00465. The largest absolute Gasteiger partial charge is 0.481 e. The number of fused-ring (bicyclic) bond motifs is 3. The molecule has 0 bridgehead atoms. The number of amides is 2. The van der Waals surface area contributed by atoms with Gasteiger partial charge in [0.2, 0.25) is 5.91 Å². The van der Waals surface area contributed by atoms with Crippen molar-refractivity contribution in [3.8, 4) is 11.1 Å². The first-order chi connectivity index (χ1) is 16.5. The molecule has 2 amide bonds. The second-order valence-corrected chi connectivity index (χ2v) is 9.26. The van der Waals surface area contributed by atoms with E-state index >= 15 is 0 Å². The zero-order chi connectivity index (χ0) is 24.1. The van der Waals surface area contributed by atoms with Gasteiger partial charge in [0, 0.05) is 18.9 Å². The third kappa shape index (κ3) is 5.24. The van der Waals surface area contributed by atoms with Crippen LogP contribution in [0.1, 0.15) is 56.1 Å². The molecule has 180 valence electrons. The van der Waals surface area contributed by atoms with Crippen molar-refractivity contribution < 1.29 is 24.2 Å². The Kier molecular flexibility index (Phi) is 7.50. The van der Waals surface area contributed by atoms with E-state index in [4.69, 9.17) is 9.84 Å². The number of rotatable bonds is 10. The number of benzene rings is 2. The molecule has 0 spiro atoms. The molecule has 1 saturated carbocycles. The Bertz CT molecular complexity index is 1000. The van der Waals surface area contributed by atoms with Crippen LogP contribution < -0.4 is 10.6 Å². The SMILES string of the molecule is CCC(CNC(=O)C(NC(=O)OCC1c2ccccc2-c2ccccc21)C1CCC1)CC(=O)O. The summed E-state index contributed by atoms with van der Waals surface area (Å²) in [6, 6.07) is 15.6. The first kappa shape index (κ1) is 23.8. The normalized spacial score (nSPS) is 16.5. The van der Waals surface area contributed by atoms with Crippen LogP contribution in [0.2, 0.25) is 0 Å². The monoisotopic (exact) mass is 464 g/mol. The highest BCUT2D eigenvalue weighted by Gasteiger charge is 2.35. The number of alkyl carbamates (subject to hydrolysis) is 1. The Morgan fingerprint density at radius 3 is 2.18 bits per heavy atom. The van der Waals surface area contributed by atoms with E-state index in [-0.39, 0.29) is 43.2 Å². The summed E-state index contributed by atoms with van der Waals surface area (Å²) in [7, 11) is 0. The summed E-state index contributed by atoms with van der Waals surface area (Å²) in [6.45, 7) is 2.37. The van der Waals surface area contributed by atoms with Gasteiger partial charge in [0.15, 0.2) is 0 Å². The number of carboxylic acid groups (broad SMARTS) is 1. The highest BCUT2D eigenvalue weighted by Crippen LogP contribution is 2.44. The van der Waals surface area contributed by atoms with E-state index in [1.54, 1.807) is 0 Å². The summed E-state index contributed by atoms with van der Waals surface area (Å²) in [5.74, 6) is -1.27. The number of nitrogens with one attached hydrogen (secondary N) is 2. The molecule has 2 atom stereocenters. The quantitative estimate of drug-likeness (QED) is 0.486. The molecule has 2 aliphatic rings. The number of hydrogen-bond donors (Lipinski definition) is 3. The molecule has 0 aliphatic heterocycles. The van der Waals surface area contributed by atoms with Gasteiger partial charge >= 0.3 is 12.1 Å². The number of hydrogen-bond acceptors (Lipinski definition) is 4. The van der Waals surface area contributed by atoms with Crippen LogP contribution in [0.25, 0.3) is 11.1 Å². The van der Waals surface area contributed by atoms with E-state index in [0.29, 0.717) is 6.42 Å². The van der Waals surface area contributed by atoms with E-state index in [0.717, 1.165) is 41.5 Å². The van der Waals surface area contributed by atoms with Crippen molar-refractivity contribution in [3.05, 3.63) is 59.7 Å². The Balaban J connectivity index is 1.37. The third-order valence-electron chi connectivity index (χ3n) is 7.13. The van der Waals surface area contributed by atoms with Crippen LogP contribution in [0.15, 0.2) is 48.5 Å². The molecular formula is C27H32N2O5. The van der Waals surface area contributed by atoms with Crippen molar-refractivity contribution in [1.82, 2.24) is 10.6 Å². The van der Waals surface area contributed by atoms with Gasteiger partial charge in [-0.1, -0.05) is 68.3 Å². The fraction of sp³-hybridized carbons (Fsp3) is 0.444. The van der Waals surface area contributed by atoms with Crippen molar-refractivity contribution >= 4 is 18.0 Å². The molecule has 0 radical (unpaired) electrons. The van der Waals surface area contributed by atoms with Crippen LogP contribution in [-0.2, 0) is 14.3 Å². The van der Waals surface area contributed by atoms with E-state index in [1.807, 2.05) is 31.2 Å². The molecule has 0 aromatic heterocycles. The molecule has 2 unspecified atom stereocenters. The van der Waals surface area contributed by atoms with Crippen LogP contribution in [0, 0.1) is 11.8 Å². The maximum atomic E-state index is 12.9. The minimum atomic E-state index is -0.881. The van der Waals surface area contributed by atoms with E-state index in [2.05, 4.69) is 34.9 Å². The first-order valence-electron chi connectivity index (χ1n) is 12.1. The average Bonchev–Trinajstić information content (AvgIpc) is 3.12. The highest BCUT2D eigenvalue weighted by atomic mass is 16.5.